The second kappa shape index (κ2) is 5.42. The second-order valence-electron chi connectivity index (χ2n) is 6.78. The lowest BCUT2D eigenvalue weighted by Crippen LogP contribution is -2.27. The number of hydrogen-bond donors (Lipinski definition) is 0. The first-order chi connectivity index (χ1) is 11.0. The Kier molecular flexibility index (Phi) is 3.50. The van der Waals surface area contributed by atoms with Crippen molar-refractivity contribution in [2.75, 3.05) is 20.6 Å². The van der Waals surface area contributed by atoms with Crippen LogP contribution >= 0.6 is 11.3 Å². The average Bonchev–Trinajstić information content (AvgIpc) is 3.02. The van der Waals surface area contributed by atoms with Gasteiger partial charge in [-0.1, -0.05) is 6.92 Å². The van der Waals surface area contributed by atoms with E-state index in [0.717, 1.165) is 41.2 Å². The molecule has 4 rings (SSSR count). The van der Waals surface area contributed by atoms with E-state index in [1.807, 2.05) is 14.1 Å². The van der Waals surface area contributed by atoms with Crippen LogP contribution in [0.25, 0.3) is 15.9 Å². The highest BCUT2D eigenvalue weighted by molar-refractivity contribution is 7.19. The van der Waals surface area contributed by atoms with Crippen molar-refractivity contribution in [2.24, 2.45) is 5.92 Å². The highest BCUT2D eigenvalue weighted by Gasteiger charge is 2.24. The monoisotopic (exact) mass is 331 g/mol. The van der Waals surface area contributed by atoms with Crippen molar-refractivity contribution in [3.05, 3.63) is 27.3 Å². The average molecular weight is 331 g/mol. The van der Waals surface area contributed by atoms with Crippen molar-refractivity contribution in [1.82, 2.24) is 24.1 Å². The first kappa shape index (κ1) is 14.8. The third-order valence-electron chi connectivity index (χ3n) is 4.64. The Balaban J connectivity index is 1.91. The van der Waals surface area contributed by atoms with Gasteiger partial charge >= 0.3 is 5.69 Å². The maximum Gasteiger partial charge on any atom is 0.351 e. The minimum Gasteiger partial charge on any atom is -0.308 e. The zero-order valence-electron chi connectivity index (χ0n) is 13.7. The predicted octanol–water partition coefficient (Wildman–Crippen LogP) is 1.79. The lowest BCUT2D eigenvalue weighted by atomic mass is 9.89. The van der Waals surface area contributed by atoms with E-state index in [1.54, 1.807) is 26.7 Å². The van der Waals surface area contributed by atoms with E-state index in [0.29, 0.717) is 6.54 Å². The van der Waals surface area contributed by atoms with E-state index in [9.17, 15) is 4.79 Å². The predicted molar refractivity (Wildman–Crippen MR) is 92.4 cm³/mol. The molecule has 3 aromatic heterocycles. The summed E-state index contributed by atoms with van der Waals surface area (Å²) in [5, 5.41) is 5.72. The molecule has 0 aromatic carbocycles. The van der Waals surface area contributed by atoms with Gasteiger partial charge in [0, 0.05) is 11.4 Å². The van der Waals surface area contributed by atoms with Gasteiger partial charge in [0.1, 0.15) is 11.2 Å². The van der Waals surface area contributed by atoms with Gasteiger partial charge in [0.2, 0.25) is 0 Å². The highest BCUT2D eigenvalue weighted by Crippen LogP contribution is 2.38. The third kappa shape index (κ3) is 2.38. The molecule has 0 fully saturated rings. The van der Waals surface area contributed by atoms with Gasteiger partial charge in [0.05, 0.1) is 11.9 Å². The normalized spacial score (nSPS) is 18.2. The lowest BCUT2D eigenvalue weighted by molar-refractivity contribution is 0.369. The Morgan fingerprint density at radius 2 is 2.26 bits per heavy atom. The van der Waals surface area contributed by atoms with E-state index in [2.05, 4.69) is 21.9 Å². The van der Waals surface area contributed by atoms with Crippen molar-refractivity contribution in [3.8, 4) is 0 Å². The third-order valence-corrected chi connectivity index (χ3v) is 5.80. The molecule has 3 heterocycles. The fraction of sp³-hybridized carbons (Fsp3) is 0.562. The molecule has 0 radical (unpaired) electrons. The number of rotatable bonds is 3. The summed E-state index contributed by atoms with van der Waals surface area (Å²) >= 11 is 1.77. The maximum absolute atomic E-state index is 12.5. The Morgan fingerprint density at radius 3 is 3.04 bits per heavy atom. The zero-order chi connectivity index (χ0) is 16.1. The van der Waals surface area contributed by atoms with Crippen LogP contribution in [0, 0.1) is 5.92 Å². The second-order valence-corrected chi connectivity index (χ2v) is 7.86. The number of aryl methyl sites for hydroxylation is 1. The molecule has 122 valence electrons. The Hall–Kier alpha value is -1.73. The fourth-order valence-corrected chi connectivity index (χ4v) is 4.65. The fourth-order valence-electron chi connectivity index (χ4n) is 3.30. The molecule has 0 amide bonds. The summed E-state index contributed by atoms with van der Waals surface area (Å²) in [5.41, 5.74) is 2.04. The molecular weight excluding hydrogens is 310 g/mol. The standard InChI is InChI=1S/C16H21N5OS/c1-10-4-5-11-12(8-10)23-15-13(11)14-18-21(7-6-19(2)3)16(22)20(14)9-17-15/h9-10H,4-8H2,1-3H3/t10-/m0/s1. The highest BCUT2D eigenvalue weighted by atomic mass is 32.1. The van der Waals surface area contributed by atoms with Gasteiger partial charge in [-0.15, -0.1) is 16.4 Å². The molecule has 0 N–H and O–H groups in total. The molecule has 7 heteroatoms. The summed E-state index contributed by atoms with van der Waals surface area (Å²) in [6, 6.07) is 0. The summed E-state index contributed by atoms with van der Waals surface area (Å²) in [5.74, 6) is 0.728. The zero-order valence-corrected chi connectivity index (χ0v) is 14.6. The van der Waals surface area contributed by atoms with Crippen LogP contribution in [0.15, 0.2) is 11.1 Å². The van der Waals surface area contributed by atoms with Crippen molar-refractivity contribution >= 4 is 27.2 Å². The molecule has 0 saturated carbocycles. The van der Waals surface area contributed by atoms with E-state index in [-0.39, 0.29) is 5.69 Å². The molecule has 1 atom stereocenters. The summed E-state index contributed by atoms with van der Waals surface area (Å²) in [7, 11) is 3.99. The number of hydrogen-bond acceptors (Lipinski definition) is 5. The van der Waals surface area contributed by atoms with Gasteiger partial charge in [0.25, 0.3) is 0 Å². The summed E-state index contributed by atoms with van der Waals surface area (Å²) in [6.07, 6.45) is 5.01. The van der Waals surface area contributed by atoms with Gasteiger partial charge in [-0.25, -0.2) is 18.9 Å². The van der Waals surface area contributed by atoms with E-state index in [4.69, 9.17) is 0 Å². The number of nitrogens with zero attached hydrogens (tertiary/aromatic N) is 5. The maximum atomic E-state index is 12.5. The van der Waals surface area contributed by atoms with Gasteiger partial charge in [-0.05, 0) is 44.8 Å². The minimum atomic E-state index is -0.0969. The first-order valence-corrected chi connectivity index (χ1v) is 8.89. The van der Waals surface area contributed by atoms with Crippen LogP contribution in [-0.2, 0) is 19.4 Å². The van der Waals surface area contributed by atoms with Gasteiger partial charge in [0.15, 0.2) is 5.65 Å². The molecule has 0 aliphatic heterocycles. The lowest BCUT2D eigenvalue weighted by Gasteiger charge is -2.17. The molecular formula is C16H21N5OS. The molecule has 0 unspecified atom stereocenters. The molecule has 23 heavy (non-hydrogen) atoms. The number of thiophene rings is 1. The minimum absolute atomic E-state index is 0.0969. The van der Waals surface area contributed by atoms with Gasteiger partial charge < -0.3 is 4.90 Å². The van der Waals surface area contributed by atoms with E-state index < -0.39 is 0 Å². The van der Waals surface area contributed by atoms with Crippen LogP contribution in [0.2, 0.25) is 0 Å². The molecule has 1 aliphatic rings. The number of fused-ring (bicyclic) bond motifs is 5. The largest absolute Gasteiger partial charge is 0.351 e. The van der Waals surface area contributed by atoms with Crippen molar-refractivity contribution in [1.29, 1.82) is 0 Å². The Morgan fingerprint density at radius 1 is 1.43 bits per heavy atom. The van der Waals surface area contributed by atoms with Crippen molar-refractivity contribution in [2.45, 2.75) is 32.7 Å². The van der Waals surface area contributed by atoms with Crippen LogP contribution in [-0.4, -0.2) is 44.7 Å². The summed E-state index contributed by atoms with van der Waals surface area (Å²) < 4.78 is 3.16. The van der Waals surface area contributed by atoms with Gasteiger partial charge in [-0.3, -0.25) is 0 Å². The molecule has 0 bridgehead atoms. The van der Waals surface area contributed by atoms with Crippen LogP contribution in [0.4, 0.5) is 0 Å². The van der Waals surface area contributed by atoms with Crippen LogP contribution in [0.1, 0.15) is 23.8 Å². The van der Waals surface area contributed by atoms with E-state index in [1.165, 1.54) is 16.9 Å². The van der Waals surface area contributed by atoms with Crippen molar-refractivity contribution < 1.29 is 0 Å². The summed E-state index contributed by atoms with van der Waals surface area (Å²) in [4.78, 5) is 21.6. The Bertz CT molecular complexity index is 935. The van der Waals surface area contributed by atoms with Crippen LogP contribution in [0.3, 0.4) is 0 Å². The smallest absolute Gasteiger partial charge is 0.308 e. The van der Waals surface area contributed by atoms with Crippen molar-refractivity contribution in [3.63, 3.8) is 0 Å². The first-order valence-electron chi connectivity index (χ1n) is 8.07. The molecule has 0 saturated heterocycles. The molecule has 0 spiro atoms. The molecule has 1 aliphatic carbocycles. The van der Waals surface area contributed by atoms with Crippen LogP contribution < -0.4 is 5.69 Å². The van der Waals surface area contributed by atoms with E-state index >= 15 is 0 Å². The summed E-state index contributed by atoms with van der Waals surface area (Å²) in [6.45, 7) is 3.69. The van der Waals surface area contributed by atoms with Gasteiger partial charge in [-0.2, -0.15) is 0 Å². The number of likely N-dealkylation sites (N-methyl/N-ethyl adjacent to an activating group) is 1. The molecule has 3 aromatic rings. The topological polar surface area (TPSA) is 55.4 Å². The van der Waals surface area contributed by atoms with Crippen LogP contribution in [0.5, 0.6) is 0 Å². The molecule has 6 nitrogen and oxygen atoms in total. The quantitative estimate of drug-likeness (QED) is 0.734. The Labute approximate surface area is 138 Å². The SMILES string of the molecule is C[C@H]1CCc2c(sc3ncn4c(=O)n(CCN(C)C)nc4c23)C1. The number of aromatic nitrogens is 4.